The maximum absolute atomic E-state index is 13.2. The molecule has 1 amide bonds. The Bertz CT molecular complexity index is 1460. The topological polar surface area (TPSA) is 121 Å². The summed E-state index contributed by atoms with van der Waals surface area (Å²) in [5.74, 6) is 0.0696. The molecular formula is C24H20FN7O2. The van der Waals surface area contributed by atoms with Crippen LogP contribution in [0.1, 0.15) is 46.1 Å². The summed E-state index contributed by atoms with van der Waals surface area (Å²) in [7, 11) is 0. The molecule has 0 atom stereocenters. The number of hydrogen-bond donors (Lipinski definition) is 1. The van der Waals surface area contributed by atoms with Crippen molar-refractivity contribution < 1.29 is 9.18 Å². The van der Waals surface area contributed by atoms with Gasteiger partial charge >= 0.3 is 0 Å². The molecule has 2 aromatic heterocycles. The number of halogens is 1. The summed E-state index contributed by atoms with van der Waals surface area (Å²) in [6.07, 6.45) is 1.27. The van der Waals surface area contributed by atoms with Gasteiger partial charge in [0.1, 0.15) is 11.6 Å². The molecule has 0 aliphatic carbocycles. The summed E-state index contributed by atoms with van der Waals surface area (Å²) in [6, 6.07) is 14.7. The number of nitrogens with one attached hydrogen (secondary N) is 1. The monoisotopic (exact) mass is 457 g/mol. The lowest BCUT2D eigenvalue weighted by molar-refractivity contribution is 0.0711. The van der Waals surface area contributed by atoms with E-state index in [1.165, 1.54) is 16.8 Å². The van der Waals surface area contributed by atoms with Gasteiger partial charge in [0.05, 0.1) is 18.2 Å². The first-order chi connectivity index (χ1) is 16.5. The first kappa shape index (κ1) is 21.5. The summed E-state index contributed by atoms with van der Waals surface area (Å²) in [4.78, 5) is 34.7. The van der Waals surface area contributed by atoms with Gasteiger partial charge in [0, 0.05) is 24.6 Å². The van der Waals surface area contributed by atoms with Crippen LogP contribution in [0.3, 0.4) is 0 Å². The highest BCUT2D eigenvalue weighted by Crippen LogP contribution is 2.26. The van der Waals surface area contributed by atoms with E-state index in [1.807, 2.05) is 0 Å². The summed E-state index contributed by atoms with van der Waals surface area (Å²) in [6.45, 7) is 1.33. The quantitative estimate of drug-likeness (QED) is 0.503. The van der Waals surface area contributed by atoms with E-state index in [0.717, 1.165) is 5.56 Å². The number of aromatic amines is 1. The Labute approximate surface area is 193 Å². The molecule has 0 saturated carbocycles. The Morgan fingerprint density at radius 3 is 2.68 bits per heavy atom. The molecule has 0 spiro atoms. The normalized spacial score (nSPS) is 14.3. The Morgan fingerprint density at radius 2 is 1.94 bits per heavy atom. The zero-order valence-electron chi connectivity index (χ0n) is 18.1. The molecule has 4 aromatic rings. The molecule has 1 N–H and O–H groups in total. The molecule has 0 radical (unpaired) electrons. The van der Waals surface area contributed by atoms with E-state index >= 15 is 0 Å². The SMILES string of the molecule is N#Cc1cccc(C(=O)N2CCC(c3nc4c(nnn4Cc4ccc(F)cc4)c(=O)[nH]3)CC2)c1. The van der Waals surface area contributed by atoms with Crippen molar-refractivity contribution in [2.45, 2.75) is 25.3 Å². The molecule has 10 heteroatoms. The Hall–Kier alpha value is -4.39. The number of rotatable bonds is 4. The number of aromatic nitrogens is 5. The van der Waals surface area contributed by atoms with Gasteiger partial charge in [-0.05, 0) is 48.7 Å². The van der Waals surface area contributed by atoms with Crippen LogP contribution < -0.4 is 5.56 Å². The third-order valence-electron chi connectivity index (χ3n) is 6.05. The molecule has 9 nitrogen and oxygen atoms in total. The number of nitrogens with zero attached hydrogens (tertiary/aromatic N) is 6. The summed E-state index contributed by atoms with van der Waals surface area (Å²) < 4.78 is 14.7. The smallest absolute Gasteiger partial charge is 0.281 e. The number of amides is 1. The van der Waals surface area contributed by atoms with Crippen molar-refractivity contribution in [1.82, 2.24) is 29.9 Å². The van der Waals surface area contributed by atoms with Crippen LogP contribution in [0.5, 0.6) is 0 Å². The summed E-state index contributed by atoms with van der Waals surface area (Å²) in [5, 5.41) is 17.1. The van der Waals surface area contributed by atoms with Gasteiger partial charge in [-0.3, -0.25) is 9.59 Å². The zero-order chi connectivity index (χ0) is 23.7. The highest BCUT2D eigenvalue weighted by molar-refractivity contribution is 5.94. The van der Waals surface area contributed by atoms with Crippen molar-refractivity contribution in [3.05, 3.63) is 87.2 Å². The predicted molar refractivity (Wildman–Crippen MR) is 120 cm³/mol. The maximum atomic E-state index is 13.2. The molecule has 170 valence electrons. The number of benzene rings is 2. The molecule has 34 heavy (non-hydrogen) atoms. The van der Waals surface area contributed by atoms with Crippen LogP contribution in [0.2, 0.25) is 0 Å². The summed E-state index contributed by atoms with van der Waals surface area (Å²) in [5.41, 5.74) is 1.90. The second-order valence-corrected chi connectivity index (χ2v) is 8.26. The number of piperidine rings is 1. The van der Waals surface area contributed by atoms with E-state index in [9.17, 15) is 14.0 Å². The number of likely N-dealkylation sites (tertiary alicyclic amines) is 1. The van der Waals surface area contributed by atoms with Crippen LogP contribution >= 0.6 is 0 Å². The number of fused-ring (bicyclic) bond motifs is 1. The third-order valence-corrected chi connectivity index (χ3v) is 6.05. The van der Waals surface area contributed by atoms with Gasteiger partial charge in [-0.2, -0.15) is 5.26 Å². The van der Waals surface area contributed by atoms with Gasteiger partial charge in [0.15, 0.2) is 11.2 Å². The van der Waals surface area contributed by atoms with Crippen molar-refractivity contribution in [2.24, 2.45) is 0 Å². The van der Waals surface area contributed by atoms with Gasteiger partial charge in [-0.25, -0.2) is 14.1 Å². The highest BCUT2D eigenvalue weighted by Gasteiger charge is 2.27. The number of carbonyl (C=O) groups excluding carboxylic acids is 1. The average Bonchev–Trinajstić information content (AvgIpc) is 3.28. The predicted octanol–water partition coefficient (Wildman–Crippen LogP) is 2.59. The molecule has 1 aliphatic rings. The van der Waals surface area contributed by atoms with Crippen molar-refractivity contribution in [2.75, 3.05) is 13.1 Å². The average molecular weight is 457 g/mol. The minimum atomic E-state index is -0.364. The lowest BCUT2D eigenvalue weighted by Gasteiger charge is -2.31. The third kappa shape index (κ3) is 4.15. The van der Waals surface area contributed by atoms with Gasteiger partial charge in [-0.1, -0.05) is 23.4 Å². The van der Waals surface area contributed by atoms with Gasteiger partial charge in [-0.15, -0.1) is 5.10 Å². The molecule has 5 rings (SSSR count). The second-order valence-electron chi connectivity index (χ2n) is 8.26. The van der Waals surface area contributed by atoms with Gasteiger partial charge < -0.3 is 9.88 Å². The molecule has 3 heterocycles. The number of carbonyl (C=O) groups is 1. The largest absolute Gasteiger partial charge is 0.339 e. The van der Waals surface area contributed by atoms with E-state index in [0.29, 0.717) is 55.1 Å². The van der Waals surface area contributed by atoms with E-state index < -0.39 is 0 Å². The van der Waals surface area contributed by atoms with E-state index in [1.54, 1.807) is 41.3 Å². The van der Waals surface area contributed by atoms with Crippen molar-refractivity contribution >= 4 is 17.1 Å². The fraction of sp³-hybridized carbons (Fsp3) is 0.250. The van der Waals surface area contributed by atoms with Crippen LogP contribution in [0, 0.1) is 17.1 Å². The molecule has 1 fully saturated rings. The minimum Gasteiger partial charge on any atom is -0.339 e. The number of H-pyrrole nitrogens is 1. The fourth-order valence-corrected chi connectivity index (χ4v) is 4.21. The molecule has 1 aliphatic heterocycles. The number of hydrogen-bond acceptors (Lipinski definition) is 6. The lowest BCUT2D eigenvalue weighted by Crippen LogP contribution is -2.38. The summed E-state index contributed by atoms with van der Waals surface area (Å²) >= 11 is 0. The van der Waals surface area contributed by atoms with E-state index in [2.05, 4.69) is 26.3 Å². The van der Waals surface area contributed by atoms with Crippen LogP contribution in [0.15, 0.2) is 53.3 Å². The minimum absolute atomic E-state index is 0.0271. The first-order valence-corrected chi connectivity index (χ1v) is 10.9. The zero-order valence-corrected chi connectivity index (χ0v) is 18.1. The van der Waals surface area contributed by atoms with E-state index in [4.69, 9.17) is 5.26 Å². The standard InChI is InChI=1S/C24H20FN7O2/c25-19-6-4-15(5-7-19)14-32-22-20(29-30-32)23(33)28-21(27-22)17-8-10-31(11-9-17)24(34)18-3-1-2-16(12-18)13-26/h1-7,12,17H,8-11,14H2,(H,27,28,33). The Morgan fingerprint density at radius 1 is 1.18 bits per heavy atom. The molecule has 2 aromatic carbocycles. The van der Waals surface area contributed by atoms with Crippen molar-refractivity contribution in [3.8, 4) is 6.07 Å². The highest BCUT2D eigenvalue weighted by atomic mass is 19.1. The Kier molecular flexibility index (Phi) is 5.59. The van der Waals surface area contributed by atoms with Crippen LogP contribution in [-0.4, -0.2) is 48.9 Å². The first-order valence-electron chi connectivity index (χ1n) is 10.9. The van der Waals surface area contributed by atoms with Crippen molar-refractivity contribution in [3.63, 3.8) is 0 Å². The number of nitriles is 1. The molecule has 0 bridgehead atoms. The van der Waals surface area contributed by atoms with Crippen molar-refractivity contribution in [1.29, 1.82) is 5.26 Å². The van der Waals surface area contributed by atoms with E-state index in [-0.39, 0.29) is 28.7 Å². The maximum Gasteiger partial charge on any atom is 0.281 e. The van der Waals surface area contributed by atoms with Gasteiger partial charge in [0.2, 0.25) is 0 Å². The molecule has 1 saturated heterocycles. The molecular weight excluding hydrogens is 437 g/mol. The molecule has 0 unspecified atom stereocenters. The van der Waals surface area contributed by atoms with Crippen LogP contribution in [-0.2, 0) is 6.54 Å². The van der Waals surface area contributed by atoms with Crippen LogP contribution in [0.25, 0.3) is 11.2 Å². The fourth-order valence-electron chi connectivity index (χ4n) is 4.21. The van der Waals surface area contributed by atoms with Gasteiger partial charge in [0.25, 0.3) is 11.5 Å². The Balaban J connectivity index is 1.34. The van der Waals surface area contributed by atoms with Crippen LogP contribution in [0.4, 0.5) is 4.39 Å². The lowest BCUT2D eigenvalue weighted by atomic mass is 9.95. The second kappa shape index (κ2) is 8.86.